The van der Waals surface area contributed by atoms with E-state index < -0.39 is 0 Å². The van der Waals surface area contributed by atoms with Crippen molar-refractivity contribution in [2.75, 3.05) is 0 Å². The van der Waals surface area contributed by atoms with Crippen LogP contribution >= 0.6 is 11.8 Å². The molecule has 0 amide bonds. The highest BCUT2D eigenvalue weighted by molar-refractivity contribution is 7.99. The second kappa shape index (κ2) is 4.51. The topological polar surface area (TPSA) is 65.4 Å². The van der Waals surface area contributed by atoms with Gasteiger partial charge in [-0.3, -0.25) is 0 Å². The van der Waals surface area contributed by atoms with Gasteiger partial charge in [0.25, 0.3) is 0 Å². The van der Waals surface area contributed by atoms with Gasteiger partial charge in [0.05, 0.1) is 11.0 Å². The highest BCUT2D eigenvalue weighted by Crippen LogP contribution is 2.26. The molecule has 0 aliphatic carbocycles. The fraction of sp³-hybridized carbons (Fsp3) is 0. The zero-order valence-corrected chi connectivity index (χ0v) is 10.1. The Kier molecular flexibility index (Phi) is 2.71. The van der Waals surface area contributed by atoms with Gasteiger partial charge in [-0.2, -0.15) is 5.26 Å². The average molecular weight is 252 g/mol. The summed E-state index contributed by atoms with van der Waals surface area (Å²) >= 11 is 1.49. The molecule has 0 fully saturated rings. The van der Waals surface area contributed by atoms with Crippen molar-refractivity contribution in [3.05, 3.63) is 48.3 Å². The molecule has 1 N–H and O–H groups in total. The van der Waals surface area contributed by atoms with Crippen LogP contribution in [0.1, 0.15) is 5.69 Å². The fourth-order valence-corrected chi connectivity index (χ4v) is 2.37. The third-order valence-electron chi connectivity index (χ3n) is 2.43. The maximum Gasteiger partial charge on any atom is 0.171 e. The molecule has 2 aromatic heterocycles. The van der Waals surface area contributed by atoms with Gasteiger partial charge in [-0.25, -0.2) is 9.97 Å². The van der Waals surface area contributed by atoms with Crippen LogP contribution in [0.2, 0.25) is 0 Å². The number of benzene rings is 1. The summed E-state index contributed by atoms with van der Waals surface area (Å²) in [5.74, 6) is 0. The first-order valence-electron chi connectivity index (χ1n) is 5.34. The fourth-order valence-electron chi connectivity index (χ4n) is 1.60. The van der Waals surface area contributed by atoms with Crippen molar-refractivity contribution in [1.82, 2.24) is 15.0 Å². The molecule has 0 aliphatic heterocycles. The molecule has 3 rings (SSSR count). The number of para-hydroxylation sites is 2. The van der Waals surface area contributed by atoms with Crippen molar-refractivity contribution in [2.24, 2.45) is 0 Å². The molecule has 0 bridgehead atoms. The smallest absolute Gasteiger partial charge is 0.171 e. The van der Waals surface area contributed by atoms with E-state index in [1.165, 1.54) is 11.8 Å². The van der Waals surface area contributed by atoms with Crippen LogP contribution < -0.4 is 0 Å². The van der Waals surface area contributed by atoms with E-state index >= 15 is 0 Å². The minimum absolute atomic E-state index is 0.420. The molecule has 18 heavy (non-hydrogen) atoms. The Hall–Kier alpha value is -2.32. The van der Waals surface area contributed by atoms with Gasteiger partial charge < -0.3 is 4.98 Å². The zero-order chi connectivity index (χ0) is 12.4. The number of fused-ring (bicyclic) bond motifs is 1. The number of hydrogen-bond acceptors (Lipinski definition) is 4. The number of nitrogens with zero attached hydrogens (tertiary/aromatic N) is 3. The summed E-state index contributed by atoms with van der Waals surface area (Å²) in [6.45, 7) is 0. The van der Waals surface area contributed by atoms with Gasteiger partial charge in [0, 0.05) is 11.1 Å². The number of imidazole rings is 1. The first kappa shape index (κ1) is 10.8. The number of nitrogens with one attached hydrogen (secondary N) is 1. The Morgan fingerprint density at radius 2 is 2.06 bits per heavy atom. The van der Waals surface area contributed by atoms with Crippen molar-refractivity contribution in [3.8, 4) is 6.07 Å². The Morgan fingerprint density at radius 1 is 1.17 bits per heavy atom. The average Bonchev–Trinajstić information content (AvgIpc) is 2.82. The molecule has 0 saturated carbocycles. The van der Waals surface area contributed by atoms with Crippen molar-refractivity contribution in [3.63, 3.8) is 0 Å². The van der Waals surface area contributed by atoms with E-state index in [4.69, 9.17) is 5.26 Å². The van der Waals surface area contributed by atoms with E-state index in [1.54, 1.807) is 12.3 Å². The van der Waals surface area contributed by atoms with Crippen LogP contribution in [-0.4, -0.2) is 15.0 Å². The molecular weight excluding hydrogens is 244 g/mol. The van der Waals surface area contributed by atoms with Crippen LogP contribution in [0, 0.1) is 11.3 Å². The van der Waals surface area contributed by atoms with Gasteiger partial charge in [-0.15, -0.1) is 0 Å². The molecule has 2 heterocycles. The minimum atomic E-state index is 0.420. The summed E-state index contributed by atoms with van der Waals surface area (Å²) in [4.78, 5) is 12.7. The highest BCUT2D eigenvalue weighted by atomic mass is 32.2. The third kappa shape index (κ3) is 2.06. The summed E-state index contributed by atoms with van der Waals surface area (Å²) in [5, 5.41) is 9.50. The summed E-state index contributed by atoms with van der Waals surface area (Å²) in [5.41, 5.74) is 2.38. The number of pyridine rings is 1. The van der Waals surface area contributed by atoms with E-state index in [0.29, 0.717) is 5.69 Å². The van der Waals surface area contributed by atoms with Crippen molar-refractivity contribution in [1.29, 1.82) is 5.26 Å². The maximum atomic E-state index is 8.68. The van der Waals surface area contributed by atoms with E-state index in [2.05, 4.69) is 15.0 Å². The number of aromatic amines is 1. The van der Waals surface area contributed by atoms with Crippen LogP contribution in [0.15, 0.2) is 52.6 Å². The van der Waals surface area contributed by atoms with Gasteiger partial charge in [0.2, 0.25) is 0 Å². The van der Waals surface area contributed by atoms with Crippen LogP contribution in [0.5, 0.6) is 0 Å². The second-order valence-electron chi connectivity index (χ2n) is 3.65. The van der Waals surface area contributed by atoms with Gasteiger partial charge in [0.15, 0.2) is 5.16 Å². The van der Waals surface area contributed by atoms with E-state index in [9.17, 15) is 0 Å². The summed E-state index contributed by atoms with van der Waals surface area (Å²) in [6, 6.07) is 13.4. The van der Waals surface area contributed by atoms with Gasteiger partial charge in [-0.1, -0.05) is 23.9 Å². The molecule has 5 heteroatoms. The Balaban J connectivity index is 1.89. The van der Waals surface area contributed by atoms with E-state index in [-0.39, 0.29) is 0 Å². The highest BCUT2D eigenvalue weighted by Gasteiger charge is 2.04. The largest absolute Gasteiger partial charge is 0.333 e. The lowest BCUT2D eigenvalue weighted by molar-refractivity contribution is 1.07. The Labute approximate surface area is 108 Å². The monoisotopic (exact) mass is 252 g/mol. The lowest BCUT2D eigenvalue weighted by atomic mass is 10.3. The normalized spacial score (nSPS) is 10.4. The molecule has 0 unspecified atom stereocenters. The maximum absolute atomic E-state index is 8.68. The molecule has 0 radical (unpaired) electrons. The van der Waals surface area contributed by atoms with Gasteiger partial charge >= 0.3 is 0 Å². The van der Waals surface area contributed by atoms with Crippen LogP contribution in [0.4, 0.5) is 0 Å². The second-order valence-corrected chi connectivity index (χ2v) is 4.71. The van der Waals surface area contributed by atoms with Crippen molar-refractivity contribution >= 4 is 22.8 Å². The lowest BCUT2D eigenvalue weighted by Gasteiger charge is -1.96. The number of rotatable bonds is 2. The van der Waals surface area contributed by atoms with Crippen LogP contribution in [0.3, 0.4) is 0 Å². The number of aromatic nitrogens is 3. The van der Waals surface area contributed by atoms with Gasteiger partial charge in [-0.05, 0) is 24.3 Å². The Morgan fingerprint density at radius 3 is 2.78 bits per heavy atom. The molecule has 0 spiro atoms. The first-order valence-corrected chi connectivity index (χ1v) is 6.15. The zero-order valence-electron chi connectivity index (χ0n) is 9.29. The van der Waals surface area contributed by atoms with Crippen LogP contribution in [-0.2, 0) is 0 Å². The molecule has 3 aromatic rings. The molecule has 0 atom stereocenters. The molecule has 1 aromatic carbocycles. The van der Waals surface area contributed by atoms with Crippen LogP contribution in [0.25, 0.3) is 11.0 Å². The molecule has 0 saturated heterocycles. The number of hydrogen-bond donors (Lipinski definition) is 1. The summed E-state index contributed by atoms with van der Waals surface area (Å²) in [6.07, 6.45) is 1.68. The van der Waals surface area contributed by atoms with Crippen molar-refractivity contribution in [2.45, 2.75) is 10.1 Å². The first-order chi connectivity index (χ1) is 8.85. The summed E-state index contributed by atoms with van der Waals surface area (Å²) < 4.78 is 0. The molecule has 0 aliphatic rings. The SMILES string of the molecule is N#Cc1ccc(Sc2nc3ccccc3[nH]2)cn1. The number of nitriles is 1. The number of H-pyrrole nitrogens is 1. The minimum Gasteiger partial charge on any atom is -0.333 e. The lowest BCUT2D eigenvalue weighted by Crippen LogP contribution is -1.82. The quantitative estimate of drug-likeness (QED) is 0.761. The standard InChI is InChI=1S/C13H8N4S/c14-7-9-5-6-10(8-15-9)18-13-16-11-3-1-2-4-12(11)17-13/h1-6,8H,(H,16,17). The third-order valence-corrected chi connectivity index (χ3v) is 3.30. The summed E-state index contributed by atoms with van der Waals surface area (Å²) in [7, 11) is 0. The van der Waals surface area contributed by atoms with Gasteiger partial charge in [0.1, 0.15) is 11.8 Å². The predicted molar refractivity (Wildman–Crippen MR) is 69.2 cm³/mol. The Bertz CT molecular complexity index is 692. The van der Waals surface area contributed by atoms with Crippen molar-refractivity contribution < 1.29 is 0 Å². The molecular formula is C13H8N4S. The van der Waals surface area contributed by atoms with E-state index in [0.717, 1.165) is 21.1 Å². The molecule has 4 nitrogen and oxygen atoms in total. The molecule has 86 valence electrons. The van der Waals surface area contributed by atoms with E-state index in [1.807, 2.05) is 36.4 Å². The predicted octanol–water partition coefficient (Wildman–Crippen LogP) is 2.98.